The van der Waals surface area contributed by atoms with Crippen LogP contribution in [0.1, 0.15) is 50.4 Å². The van der Waals surface area contributed by atoms with E-state index in [1.165, 1.54) is 37.0 Å². The Kier molecular flexibility index (Phi) is 5.39. The van der Waals surface area contributed by atoms with Crippen molar-refractivity contribution in [2.45, 2.75) is 58.9 Å². The summed E-state index contributed by atoms with van der Waals surface area (Å²) in [5.41, 5.74) is 2.77. The number of aromatic nitrogens is 2. The molecule has 0 bridgehead atoms. The second-order valence-corrected chi connectivity index (χ2v) is 6.31. The molecule has 2 N–H and O–H groups in total. The van der Waals surface area contributed by atoms with Crippen LogP contribution in [0.2, 0.25) is 0 Å². The van der Waals surface area contributed by atoms with E-state index in [0.29, 0.717) is 0 Å². The number of rotatable bonds is 3. The molecule has 5 nitrogen and oxygen atoms in total. The van der Waals surface area contributed by atoms with Crippen molar-refractivity contribution in [2.24, 2.45) is 7.05 Å². The minimum Gasteiger partial charge on any atom is -0.325 e. The zero-order valence-electron chi connectivity index (χ0n) is 13.8. The Hall–Kier alpha value is -1.36. The molecule has 1 saturated heterocycles. The summed E-state index contributed by atoms with van der Waals surface area (Å²) in [6.07, 6.45) is 6.43. The molecule has 1 aromatic heterocycles. The molecular formula is C16H29N4O+. The lowest BCUT2D eigenvalue weighted by Gasteiger charge is -2.27. The molecule has 1 fully saturated rings. The number of hydrogen-bond acceptors (Lipinski definition) is 2. The van der Waals surface area contributed by atoms with E-state index >= 15 is 0 Å². The fourth-order valence-corrected chi connectivity index (χ4v) is 3.16. The Morgan fingerprint density at radius 2 is 1.76 bits per heavy atom. The van der Waals surface area contributed by atoms with Crippen molar-refractivity contribution in [3.05, 3.63) is 11.4 Å². The average molecular weight is 293 g/mol. The van der Waals surface area contributed by atoms with Gasteiger partial charge in [-0.2, -0.15) is 5.10 Å². The monoisotopic (exact) mass is 293 g/mol. The topological polar surface area (TPSA) is 51.4 Å². The first-order valence-electron chi connectivity index (χ1n) is 8.16. The van der Waals surface area contributed by atoms with Crippen molar-refractivity contribution in [3.63, 3.8) is 0 Å². The number of aryl methyl sites for hydroxylation is 2. The molecular weight excluding hydrogens is 264 g/mol. The summed E-state index contributed by atoms with van der Waals surface area (Å²) < 4.78 is 1.82. The molecule has 0 spiro atoms. The van der Waals surface area contributed by atoms with E-state index in [1.807, 2.05) is 32.5 Å². The Bertz CT molecular complexity index is 487. The first-order chi connectivity index (χ1) is 10.0. The maximum atomic E-state index is 12.6. The van der Waals surface area contributed by atoms with Crippen molar-refractivity contribution in [1.82, 2.24) is 9.78 Å². The van der Waals surface area contributed by atoms with Crippen LogP contribution >= 0.6 is 0 Å². The summed E-state index contributed by atoms with van der Waals surface area (Å²) in [5.74, 6) is 0.116. The average Bonchev–Trinajstić information content (AvgIpc) is 2.64. The molecule has 0 aromatic carbocycles. The molecule has 118 valence electrons. The number of hydrogen-bond donors (Lipinski definition) is 2. The molecule has 5 heteroatoms. The van der Waals surface area contributed by atoms with Crippen LogP contribution in [-0.4, -0.2) is 34.8 Å². The molecule has 2 heterocycles. The number of nitrogens with zero attached hydrogens (tertiary/aromatic N) is 2. The number of nitrogens with one attached hydrogen (secondary N) is 2. The van der Waals surface area contributed by atoms with Gasteiger partial charge in [-0.3, -0.25) is 9.48 Å². The van der Waals surface area contributed by atoms with Crippen molar-refractivity contribution in [1.29, 1.82) is 0 Å². The van der Waals surface area contributed by atoms with E-state index in [9.17, 15) is 4.79 Å². The Labute approximate surface area is 127 Å². The van der Waals surface area contributed by atoms with Crippen molar-refractivity contribution >= 4 is 11.6 Å². The summed E-state index contributed by atoms with van der Waals surface area (Å²) in [6, 6.07) is 0.00195. The van der Waals surface area contributed by atoms with Gasteiger partial charge in [-0.1, -0.05) is 6.42 Å². The molecule has 2 rings (SSSR count). The van der Waals surface area contributed by atoms with E-state index < -0.39 is 0 Å². The van der Waals surface area contributed by atoms with Gasteiger partial charge in [0.1, 0.15) is 0 Å². The zero-order valence-corrected chi connectivity index (χ0v) is 13.8. The van der Waals surface area contributed by atoms with Gasteiger partial charge in [-0.15, -0.1) is 0 Å². The number of anilines is 1. The summed E-state index contributed by atoms with van der Waals surface area (Å²) >= 11 is 0. The first kappa shape index (κ1) is 16.0. The van der Waals surface area contributed by atoms with Gasteiger partial charge in [-0.05, 0) is 46.5 Å². The number of likely N-dealkylation sites (tertiary alicyclic amines) is 1. The molecule has 0 aliphatic carbocycles. The lowest BCUT2D eigenvalue weighted by Crippen LogP contribution is -3.16. The molecule has 1 aliphatic heterocycles. The zero-order chi connectivity index (χ0) is 15.4. The standard InChI is InChI=1S/C16H28N4O/c1-12-15(13(2)19(4)18-12)17-16(21)14(3)20-10-8-6-5-7-9-11-20/h14H,5-11H2,1-4H3,(H,17,21)/p+1/t14-/m0/s1. The second-order valence-electron chi connectivity index (χ2n) is 6.31. The highest BCUT2D eigenvalue weighted by Crippen LogP contribution is 2.18. The van der Waals surface area contributed by atoms with Gasteiger partial charge in [-0.25, -0.2) is 0 Å². The Morgan fingerprint density at radius 3 is 2.29 bits per heavy atom. The summed E-state index contributed by atoms with van der Waals surface area (Å²) in [4.78, 5) is 14.0. The molecule has 0 radical (unpaired) electrons. The smallest absolute Gasteiger partial charge is 0.282 e. The van der Waals surface area contributed by atoms with Crippen molar-refractivity contribution in [3.8, 4) is 0 Å². The molecule has 21 heavy (non-hydrogen) atoms. The number of quaternary nitrogens is 1. The normalized spacial score (nSPS) is 18.9. The second kappa shape index (κ2) is 7.07. The molecule has 1 atom stereocenters. The highest BCUT2D eigenvalue weighted by molar-refractivity contribution is 5.94. The van der Waals surface area contributed by atoms with E-state index in [-0.39, 0.29) is 11.9 Å². The third kappa shape index (κ3) is 3.84. The minimum atomic E-state index is 0.00195. The molecule has 0 saturated carbocycles. The maximum Gasteiger partial charge on any atom is 0.282 e. The van der Waals surface area contributed by atoms with E-state index in [4.69, 9.17) is 0 Å². The molecule has 0 unspecified atom stereocenters. The van der Waals surface area contributed by atoms with Crippen LogP contribution in [0.5, 0.6) is 0 Å². The van der Waals surface area contributed by atoms with Gasteiger partial charge < -0.3 is 10.2 Å². The predicted octanol–water partition coefficient (Wildman–Crippen LogP) is 1.21. The number of amides is 1. The van der Waals surface area contributed by atoms with Crippen molar-refractivity contribution < 1.29 is 9.69 Å². The molecule has 1 aliphatic rings. The highest BCUT2D eigenvalue weighted by atomic mass is 16.2. The van der Waals surface area contributed by atoms with E-state index in [2.05, 4.69) is 10.4 Å². The maximum absolute atomic E-state index is 12.6. The Morgan fingerprint density at radius 1 is 1.19 bits per heavy atom. The lowest BCUT2D eigenvalue weighted by atomic mass is 10.1. The fraction of sp³-hybridized carbons (Fsp3) is 0.750. The lowest BCUT2D eigenvalue weighted by molar-refractivity contribution is -0.914. The number of carbonyl (C=O) groups excluding carboxylic acids is 1. The van der Waals surface area contributed by atoms with Crippen molar-refractivity contribution in [2.75, 3.05) is 18.4 Å². The Balaban J connectivity index is 2.01. The van der Waals surface area contributed by atoms with Gasteiger partial charge in [0.15, 0.2) is 6.04 Å². The number of carbonyl (C=O) groups is 1. The van der Waals surface area contributed by atoms with E-state index in [0.717, 1.165) is 30.2 Å². The third-order valence-electron chi connectivity index (χ3n) is 4.76. The minimum absolute atomic E-state index is 0.00195. The van der Waals surface area contributed by atoms with Crippen LogP contribution in [0.3, 0.4) is 0 Å². The molecule has 1 aromatic rings. The van der Waals surface area contributed by atoms with Crippen LogP contribution in [0.25, 0.3) is 0 Å². The summed E-state index contributed by atoms with van der Waals surface area (Å²) in [6.45, 7) is 8.20. The van der Waals surface area contributed by atoms with Crippen LogP contribution in [-0.2, 0) is 11.8 Å². The van der Waals surface area contributed by atoms with Crippen LogP contribution < -0.4 is 10.2 Å². The van der Waals surface area contributed by atoms with Crippen LogP contribution in [0, 0.1) is 13.8 Å². The SMILES string of the molecule is Cc1nn(C)c(C)c1NC(=O)[C@H](C)[NH+]1CCCCCCC1. The largest absolute Gasteiger partial charge is 0.325 e. The van der Waals surface area contributed by atoms with Gasteiger partial charge in [0, 0.05) is 7.05 Å². The molecule has 1 amide bonds. The highest BCUT2D eigenvalue weighted by Gasteiger charge is 2.26. The summed E-state index contributed by atoms with van der Waals surface area (Å²) in [5, 5.41) is 7.45. The fourth-order valence-electron chi connectivity index (χ4n) is 3.16. The summed E-state index contributed by atoms with van der Waals surface area (Å²) in [7, 11) is 1.91. The van der Waals surface area contributed by atoms with Gasteiger partial charge >= 0.3 is 0 Å². The first-order valence-corrected chi connectivity index (χ1v) is 8.16. The predicted molar refractivity (Wildman–Crippen MR) is 84.6 cm³/mol. The van der Waals surface area contributed by atoms with Gasteiger partial charge in [0.25, 0.3) is 5.91 Å². The quantitative estimate of drug-likeness (QED) is 0.880. The van der Waals surface area contributed by atoms with Gasteiger partial charge in [0.05, 0.1) is 30.2 Å². The van der Waals surface area contributed by atoms with Crippen LogP contribution in [0.4, 0.5) is 5.69 Å². The van der Waals surface area contributed by atoms with E-state index in [1.54, 1.807) is 0 Å². The van der Waals surface area contributed by atoms with Gasteiger partial charge in [0.2, 0.25) is 0 Å². The third-order valence-corrected chi connectivity index (χ3v) is 4.76. The van der Waals surface area contributed by atoms with Crippen LogP contribution in [0.15, 0.2) is 0 Å².